The number of aliphatic carboxylic acids is 1. The normalized spacial score (nSPS) is 10.0. The number of unbranched alkanes of at least 4 members (excludes halogenated alkanes) is 2. The number of benzene rings is 1. The molecule has 0 heterocycles. The van der Waals surface area contributed by atoms with Crippen LogP contribution in [0.3, 0.4) is 0 Å². The van der Waals surface area contributed by atoms with Crippen LogP contribution in [0.1, 0.15) is 25.7 Å². The van der Waals surface area contributed by atoms with Crippen LogP contribution in [0.5, 0.6) is 11.5 Å². The van der Waals surface area contributed by atoms with E-state index in [1.807, 2.05) is 0 Å². The summed E-state index contributed by atoms with van der Waals surface area (Å²) < 4.78 is 5.41. The van der Waals surface area contributed by atoms with Crippen molar-refractivity contribution in [3.05, 3.63) is 24.3 Å². The third-order valence-corrected chi connectivity index (χ3v) is 2.14. The Kier molecular flexibility index (Phi) is 5.19. The Morgan fingerprint density at radius 1 is 1.12 bits per heavy atom. The van der Waals surface area contributed by atoms with Crippen molar-refractivity contribution in [3.8, 4) is 11.5 Å². The maximum absolute atomic E-state index is 10.2. The lowest BCUT2D eigenvalue weighted by Gasteiger charge is -2.05. The van der Waals surface area contributed by atoms with Gasteiger partial charge in [0, 0.05) is 6.42 Å². The summed E-state index contributed by atoms with van der Waals surface area (Å²) in [7, 11) is 0. The molecule has 0 aromatic heterocycles. The number of carboxylic acid groups (broad SMARTS) is 1. The molecule has 1 rings (SSSR count). The first-order valence-electron chi connectivity index (χ1n) is 5.32. The van der Waals surface area contributed by atoms with E-state index in [1.165, 1.54) is 0 Å². The fraction of sp³-hybridized carbons (Fsp3) is 0.417. The molecule has 4 nitrogen and oxygen atoms in total. The average molecular weight is 224 g/mol. The summed E-state index contributed by atoms with van der Waals surface area (Å²) in [6.45, 7) is 0.574. The van der Waals surface area contributed by atoms with Gasteiger partial charge in [-0.25, -0.2) is 0 Å². The zero-order valence-electron chi connectivity index (χ0n) is 9.06. The number of phenols is 1. The molecular formula is C12H16O4. The van der Waals surface area contributed by atoms with Gasteiger partial charge in [0.15, 0.2) is 0 Å². The topological polar surface area (TPSA) is 66.8 Å². The van der Waals surface area contributed by atoms with E-state index in [0.29, 0.717) is 13.0 Å². The van der Waals surface area contributed by atoms with Crippen LogP contribution in [0.15, 0.2) is 24.3 Å². The van der Waals surface area contributed by atoms with Gasteiger partial charge in [0.25, 0.3) is 0 Å². The molecule has 0 aliphatic carbocycles. The molecule has 0 saturated heterocycles. The van der Waals surface area contributed by atoms with E-state index in [2.05, 4.69) is 0 Å². The van der Waals surface area contributed by atoms with Crippen LogP contribution in [0.2, 0.25) is 0 Å². The minimum atomic E-state index is -0.751. The van der Waals surface area contributed by atoms with Crippen LogP contribution in [-0.4, -0.2) is 22.8 Å². The van der Waals surface area contributed by atoms with Crippen LogP contribution in [0.4, 0.5) is 0 Å². The molecule has 88 valence electrons. The summed E-state index contributed by atoms with van der Waals surface area (Å²) in [5.41, 5.74) is 0. The van der Waals surface area contributed by atoms with Crippen molar-refractivity contribution in [2.75, 3.05) is 6.61 Å². The van der Waals surface area contributed by atoms with E-state index in [1.54, 1.807) is 24.3 Å². The van der Waals surface area contributed by atoms with Gasteiger partial charge < -0.3 is 14.9 Å². The number of ether oxygens (including phenoxy) is 1. The van der Waals surface area contributed by atoms with Crippen molar-refractivity contribution in [3.63, 3.8) is 0 Å². The summed E-state index contributed by atoms with van der Waals surface area (Å²) in [5, 5.41) is 17.5. The molecule has 4 heteroatoms. The SMILES string of the molecule is O=C(O)CCCCCOc1ccc(O)cc1. The molecule has 0 bridgehead atoms. The Hall–Kier alpha value is -1.71. The van der Waals surface area contributed by atoms with Crippen LogP contribution >= 0.6 is 0 Å². The average Bonchev–Trinajstić information content (AvgIpc) is 2.25. The van der Waals surface area contributed by atoms with Gasteiger partial charge >= 0.3 is 5.97 Å². The second kappa shape index (κ2) is 6.71. The van der Waals surface area contributed by atoms with Crippen molar-refractivity contribution in [2.45, 2.75) is 25.7 Å². The standard InChI is InChI=1S/C12H16O4/c13-10-5-7-11(8-6-10)16-9-3-1-2-4-12(14)15/h5-8,13H,1-4,9H2,(H,14,15). The molecule has 1 aromatic carbocycles. The van der Waals surface area contributed by atoms with E-state index in [0.717, 1.165) is 18.6 Å². The molecule has 16 heavy (non-hydrogen) atoms. The lowest BCUT2D eigenvalue weighted by atomic mass is 10.2. The number of hydrogen-bond acceptors (Lipinski definition) is 3. The number of hydrogen-bond donors (Lipinski definition) is 2. The van der Waals surface area contributed by atoms with Crippen molar-refractivity contribution < 1.29 is 19.7 Å². The van der Waals surface area contributed by atoms with E-state index in [-0.39, 0.29) is 12.2 Å². The smallest absolute Gasteiger partial charge is 0.303 e. The molecule has 2 N–H and O–H groups in total. The van der Waals surface area contributed by atoms with Gasteiger partial charge in [-0.05, 0) is 43.5 Å². The quantitative estimate of drug-likeness (QED) is 0.698. The summed E-state index contributed by atoms with van der Waals surface area (Å²) in [6.07, 6.45) is 2.60. The Morgan fingerprint density at radius 3 is 2.44 bits per heavy atom. The third-order valence-electron chi connectivity index (χ3n) is 2.14. The zero-order valence-corrected chi connectivity index (χ0v) is 9.06. The fourth-order valence-electron chi connectivity index (χ4n) is 1.29. The molecule has 0 fully saturated rings. The van der Waals surface area contributed by atoms with Crippen LogP contribution < -0.4 is 4.74 Å². The highest BCUT2D eigenvalue weighted by atomic mass is 16.5. The van der Waals surface area contributed by atoms with Crippen molar-refractivity contribution in [2.24, 2.45) is 0 Å². The molecule has 0 aliphatic rings. The first-order valence-corrected chi connectivity index (χ1v) is 5.32. The molecule has 1 aromatic rings. The van der Waals surface area contributed by atoms with Gasteiger partial charge in [0.1, 0.15) is 11.5 Å². The second-order valence-electron chi connectivity index (χ2n) is 3.55. The van der Waals surface area contributed by atoms with Gasteiger partial charge in [0.05, 0.1) is 6.61 Å². The molecule has 0 amide bonds. The third kappa shape index (κ3) is 5.24. The van der Waals surface area contributed by atoms with Crippen LogP contribution in [0.25, 0.3) is 0 Å². The molecular weight excluding hydrogens is 208 g/mol. The number of aromatic hydroxyl groups is 1. The largest absolute Gasteiger partial charge is 0.508 e. The molecule has 0 radical (unpaired) electrons. The minimum Gasteiger partial charge on any atom is -0.508 e. The maximum Gasteiger partial charge on any atom is 0.303 e. The number of rotatable bonds is 7. The van der Waals surface area contributed by atoms with Gasteiger partial charge in [-0.1, -0.05) is 0 Å². The lowest BCUT2D eigenvalue weighted by molar-refractivity contribution is -0.137. The zero-order chi connectivity index (χ0) is 11.8. The Morgan fingerprint density at radius 2 is 1.81 bits per heavy atom. The van der Waals surface area contributed by atoms with Gasteiger partial charge in [-0.3, -0.25) is 4.79 Å². The molecule has 0 spiro atoms. The molecule has 0 aliphatic heterocycles. The van der Waals surface area contributed by atoms with E-state index >= 15 is 0 Å². The first-order chi connectivity index (χ1) is 7.68. The number of carbonyl (C=O) groups is 1. The minimum absolute atomic E-state index is 0.216. The highest BCUT2D eigenvalue weighted by Crippen LogP contribution is 2.16. The Balaban J connectivity index is 2.07. The monoisotopic (exact) mass is 224 g/mol. The maximum atomic E-state index is 10.2. The fourth-order valence-corrected chi connectivity index (χ4v) is 1.29. The van der Waals surface area contributed by atoms with Crippen LogP contribution in [-0.2, 0) is 4.79 Å². The van der Waals surface area contributed by atoms with Gasteiger partial charge in [-0.15, -0.1) is 0 Å². The van der Waals surface area contributed by atoms with E-state index < -0.39 is 5.97 Å². The van der Waals surface area contributed by atoms with Crippen LogP contribution in [0, 0.1) is 0 Å². The lowest BCUT2D eigenvalue weighted by Crippen LogP contribution is -1.98. The molecule has 0 atom stereocenters. The second-order valence-corrected chi connectivity index (χ2v) is 3.55. The number of carboxylic acids is 1. The van der Waals surface area contributed by atoms with Crippen molar-refractivity contribution >= 4 is 5.97 Å². The highest BCUT2D eigenvalue weighted by molar-refractivity contribution is 5.66. The van der Waals surface area contributed by atoms with E-state index in [4.69, 9.17) is 14.9 Å². The Labute approximate surface area is 94.5 Å². The predicted molar refractivity (Wildman–Crippen MR) is 59.7 cm³/mol. The van der Waals surface area contributed by atoms with Crippen molar-refractivity contribution in [1.29, 1.82) is 0 Å². The summed E-state index contributed by atoms with van der Waals surface area (Å²) in [5.74, 6) is 0.185. The van der Waals surface area contributed by atoms with Gasteiger partial charge in [0.2, 0.25) is 0 Å². The predicted octanol–water partition coefficient (Wildman–Crippen LogP) is 2.42. The summed E-state index contributed by atoms with van der Waals surface area (Å²) in [6, 6.07) is 6.54. The molecule has 0 saturated carbocycles. The number of phenolic OH excluding ortho intramolecular Hbond substituents is 1. The summed E-state index contributed by atoms with van der Waals surface area (Å²) in [4.78, 5) is 10.2. The summed E-state index contributed by atoms with van der Waals surface area (Å²) >= 11 is 0. The Bertz CT molecular complexity index is 318. The highest BCUT2D eigenvalue weighted by Gasteiger charge is 1.97. The molecule has 0 unspecified atom stereocenters. The van der Waals surface area contributed by atoms with Crippen molar-refractivity contribution in [1.82, 2.24) is 0 Å². The van der Waals surface area contributed by atoms with Gasteiger partial charge in [-0.2, -0.15) is 0 Å². The first kappa shape index (κ1) is 12.4. The van der Waals surface area contributed by atoms with E-state index in [9.17, 15) is 4.79 Å².